The van der Waals surface area contributed by atoms with Gasteiger partial charge in [-0.2, -0.15) is 0 Å². The fraction of sp³-hybridized carbons (Fsp3) is 0.533. The van der Waals surface area contributed by atoms with Crippen LogP contribution in [0.4, 0.5) is 0 Å². The number of amides is 1. The van der Waals surface area contributed by atoms with E-state index in [0.717, 1.165) is 31.1 Å². The second kappa shape index (κ2) is 5.14. The van der Waals surface area contributed by atoms with Crippen LogP contribution in [0.1, 0.15) is 24.8 Å². The lowest BCUT2D eigenvalue weighted by Gasteiger charge is -2.34. The molecule has 1 aromatic carbocycles. The van der Waals surface area contributed by atoms with Gasteiger partial charge in [-0.25, -0.2) is 0 Å². The molecule has 2 aliphatic rings. The Morgan fingerprint density at radius 1 is 1.47 bits per heavy atom. The van der Waals surface area contributed by atoms with Crippen molar-refractivity contribution in [2.45, 2.75) is 25.3 Å². The van der Waals surface area contributed by atoms with Crippen LogP contribution in [0, 0.1) is 5.92 Å². The SMILES string of the molecule is C[C@@H]1CNCCN1C(=O)[C@@H]1C[C@H]1c1cccc(Cl)c1. The van der Waals surface area contributed by atoms with E-state index in [0.29, 0.717) is 17.9 Å². The van der Waals surface area contributed by atoms with E-state index in [1.165, 1.54) is 5.56 Å². The molecule has 3 nitrogen and oxygen atoms in total. The summed E-state index contributed by atoms with van der Waals surface area (Å²) in [6.07, 6.45) is 0.968. The van der Waals surface area contributed by atoms with E-state index in [1.807, 2.05) is 23.1 Å². The van der Waals surface area contributed by atoms with Gasteiger partial charge in [0.1, 0.15) is 0 Å². The summed E-state index contributed by atoms with van der Waals surface area (Å²) in [6, 6.07) is 8.21. The molecule has 1 aliphatic carbocycles. The van der Waals surface area contributed by atoms with Crippen LogP contribution in [0.15, 0.2) is 24.3 Å². The molecule has 3 atom stereocenters. The van der Waals surface area contributed by atoms with Crippen molar-refractivity contribution >= 4 is 17.5 Å². The molecule has 1 amide bonds. The van der Waals surface area contributed by atoms with Gasteiger partial charge >= 0.3 is 0 Å². The molecule has 0 radical (unpaired) electrons. The van der Waals surface area contributed by atoms with Gasteiger partial charge in [0, 0.05) is 36.6 Å². The molecular formula is C15H19ClN2O. The zero-order valence-electron chi connectivity index (χ0n) is 11.1. The Morgan fingerprint density at radius 3 is 3.05 bits per heavy atom. The largest absolute Gasteiger partial charge is 0.337 e. The average molecular weight is 279 g/mol. The van der Waals surface area contributed by atoms with Crippen LogP contribution in [0.5, 0.6) is 0 Å². The maximum absolute atomic E-state index is 12.5. The number of halogens is 1. The normalized spacial score (nSPS) is 30.2. The Kier molecular flexibility index (Phi) is 3.50. The van der Waals surface area contributed by atoms with Gasteiger partial charge < -0.3 is 10.2 Å². The van der Waals surface area contributed by atoms with Crippen LogP contribution in [0.2, 0.25) is 5.02 Å². The molecular weight excluding hydrogens is 260 g/mol. The quantitative estimate of drug-likeness (QED) is 0.900. The number of nitrogens with zero attached hydrogens (tertiary/aromatic N) is 1. The third kappa shape index (κ3) is 2.63. The molecule has 0 aromatic heterocycles. The number of hydrogen-bond acceptors (Lipinski definition) is 2. The molecule has 1 N–H and O–H groups in total. The van der Waals surface area contributed by atoms with Crippen molar-refractivity contribution < 1.29 is 4.79 Å². The lowest BCUT2D eigenvalue weighted by Crippen LogP contribution is -2.52. The first-order valence-corrected chi connectivity index (χ1v) is 7.31. The van der Waals surface area contributed by atoms with Crippen molar-refractivity contribution in [3.05, 3.63) is 34.9 Å². The summed E-state index contributed by atoms with van der Waals surface area (Å²) in [5.41, 5.74) is 1.20. The van der Waals surface area contributed by atoms with Crippen molar-refractivity contribution in [2.75, 3.05) is 19.6 Å². The second-order valence-corrected chi connectivity index (χ2v) is 6.02. The summed E-state index contributed by atoms with van der Waals surface area (Å²) < 4.78 is 0. The molecule has 2 fully saturated rings. The average Bonchev–Trinajstić information content (AvgIpc) is 3.19. The first-order chi connectivity index (χ1) is 9.16. The predicted octanol–water partition coefficient (Wildman–Crippen LogP) is 2.26. The Morgan fingerprint density at radius 2 is 2.32 bits per heavy atom. The molecule has 4 heteroatoms. The zero-order valence-corrected chi connectivity index (χ0v) is 11.9. The highest BCUT2D eigenvalue weighted by Gasteiger charge is 2.46. The van der Waals surface area contributed by atoms with Gasteiger partial charge in [-0.3, -0.25) is 4.79 Å². The van der Waals surface area contributed by atoms with Crippen LogP contribution in [-0.2, 0) is 4.79 Å². The number of nitrogens with one attached hydrogen (secondary N) is 1. The van der Waals surface area contributed by atoms with Gasteiger partial charge in [0.15, 0.2) is 0 Å². The standard InChI is InChI=1S/C15H19ClN2O/c1-10-9-17-5-6-18(10)15(19)14-8-13(14)11-3-2-4-12(16)7-11/h2-4,7,10,13-14,17H,5-6,8-9H2,1H3/t10-,13+,14-/m1/s1. The van der Waals surface area contributed by atoms with E-state index in [1.54, 1.807) is 0 Å². The van der Waals surface area contributed by atoms with Crippen LogP contribution in [-0.4, -0.2) is 36.5 Å². The molecule has 3 rings (SSSR count). The van der Waals surface area contributed by atoms with Crippen molar-refractivity contribution in [2.24, 2.45) is 5.92 Å². The summed E-state index contributed by atoms with van der Waals surface area (Å²) in [7, 11) is 0. The highest BCUT2D eigenvalue weighted by molar-refractivity contribution is 6.30. The van der Waals surface area contributed by atoms with Gasteiger partial charge in [0.25, 0.3) is 0 Å². The molecule has 0 spiro atoms. The van der Waals surface area contributed by atoms with Crippen molar-refractivity contribution in [3.8, 4) is 0 Å². The Labute approximate surface area is 118 Å². The number of piperazine rings is 1. The van der Waals surface area contributed by atoms with E-state index < -0.39 is 0 Å². The maximum atomic E-state index is 12.5. The summed E-state index contributed by atoms with van der Waals surface area (Å²) in [5.74, 6) is 0.853. The van der Waals surface area contributed by atoms with E-state index in [9.17, 15) is 4.79 Å². The first-order valence-electron chi connectivity index (χ1n) is 6.93. The molecule has 0 unspecified atom stereocenters. The highest BCUT2D eigenvalue weighted by Crippen LogP contribution is 2.49. The molecule has 1 aliphatic heterocycles. The highest BCUT2D eigenvalue weighted by atomic mass is 35.5. The van der Waals surface area contributed by atoms with E-state index >= 15 is 0 Å². The fourth-order valence-electron chi connectivity index (χ4n) is 2.95. The van der Waals surface area contributed by atoms with Gasteiger partial charge in [0.05, 0.1) is 0 Å². The van der Waals surface area contributed by atoms with Gasteiger partial charge in [0.2, 0.25) is 5.91 Å². The third-order valence-electron chi connectivity index (χ3n) is 4.17. The van der Waals surface area contributed by atoms with Crippen LogP contribution < -0.4 is 5.32 Å². The molecule has 1 saturated carbocycles. The number of carbonyl (C=O) groups is 1. The van der Waals surface area contributed by atoms with Gasteiger partial charge in [-0.1, -0.05) is 23.7 Å². The van der Waals surface area contributed by atoms with Gasteiger partial charge in [-0.05, 0) is 37.0 Å². The van der Waals surface area contributed by atoms with Crippen LogP contribution >= 0.6 is 11.6 Å². The third-order valence-corrected chi connectivity index (χ3v) is 4.40. The van der Waals surface area contributed by atoms with Crippen LogP contribution in [0.25, 0.3) is 0 Å². The number of hydrogen-bond donors (Lipinski definition) is 1. The van der Waals surface area contributed by atoms with Crippen LogP contribution in [0.3, 0.4) is 0 Å². The topological polar surface area (TPSA) is 32.3 Å². The summed E-state index contributed by atoms with van der Waals surface area (Å²) >= 11 is 6.01. The Bertz CT molecular complexity index is 491. The fourth-order valence-corrected chi connectivity index (χ4v) is 3.15. The minimum Gasteiger partial charge on any atom is -0.337 e. The van der Waals surface area contributed by atoms with Crippen molar-refractivity contribution in [1.29, 1.82) is 0 Å². The summed E-state index contributed by atoms with van der Waals surface area (Å²) in [4.78, 5) is 14.5. The van der Waals surface area contributed by atoms with Gasteiger partial charge in [-0.15, -0.1) is 0 Å². The molecule has 19 heavy (non-hydrogen) atoms. The number of carbonyl (C=O) groups excluding carboxylic acids is 1. The number of rotatable bonds is 2. The van der Waals surface area contributed by atoms with E-state index in [2.05, 4.69) is 18.3 Å². The minimum atomic E-state index is 0.166. The Hall–Kier alpha value is -1.06. The van der Waals surface area contributed by atoms with E-state index in [4.69, 9.17) is 11.6 Å². The molecule has 0 bridgehead atoms. The van der Waals surface area contributed by atoms with Crippen molar-refractivity contribution in [1.82, 2.24) is 10.2 Å². The second-order valence-electron chi connectivity index (χ2n) is 5.59. The summed E-state index contributed by atoms with van der Waals surface area (Å²) in [5, 5.41) is 4.07. The smallest absolute Gasteiger partial charge is 0.226 e. The van der Waals surface area contributed by atoms with Crippen molar-refractivity contribution in [3.63, 3.8) is 0 Å². The summed E-state index contributed by atoms with van der Waals surface area (Å²) in [6.45, 7) is 4.75. The molecule has 102 valence electrons. The molecule has 1 aromatic rings. The first kappa shape index (κ1) is 12.9. The molecule has 1 heterocycles. The predicted molar refractivity (Wildman–Crippen MR) is 76.3 cm³/mol. The Balaban J connectivity index is 1.67. The zero-order chi connectivity index (χ0) is 13.4. The maximum Gasteiger partial charge on any atom is 0.226 e. The van der Waals surface area contributed by atoms with E-state index in [-0.39, 0.29) is 5.92 Å². The monoisotopic (exact) mass is 278 g/mol. The molecule has 1 saturated heterocycles. The minimum absolute atomic E-state index is 0.166. The number of benzene rings is 1. The lowest BCUT2D eigenvalue weighted by atomic mass is 10.1. The lowest BCUT2D eigenvalue weighted by molar-refractivity contribution is -0.135.